The topological polar surface area (TPSA) is 49.8 Å². The predicted molar refractivity (Wildman–Crippen MR) is 144 cm³/mol. The van der Waals surface area contributed by atoms with E-state index in [2.05, 4.69) is 24.1 Å². The van der Waals surface area contributed by atoms with Gasteiger partial charge in [-0.3, -0.25) is 0 Å². The number of hydrogen-bond acceptors (Lipinski definition) is 4. The molecule has 4 aromatic rings. The first kappa shape index (κ1) is 24.6. The van der Waals surface area contributed by atoms with Crippen molar-refractivity contribution in [1.82, 2.24) is 9.97 Å². The summed E-state index contributed by atoms with van der Waals surface area (Å²) >= 11 is 12.9. The lowest BCUT2D eigenvalue weighted by Gasteiger charge is -2.17. The van der Waals surface area contributed by atoms with E-state index in [0.717, 1.165) is 40.8 Å². The molecule has 0 aliphatic heterocycles. The quantitative estimate of drug-likeness (QED) is 0.279. The zero-order valence-electron chi connectivity index (χ0n) is 19.1. The zero-order valence-corrected chi connectivity index (χ0v) is 20.6. The zero-order chi connectivity index (χ0) is 23.8. The van der Waals surface area contributed by atoms with E-state index in [1.54, 1.807) is 18.2 Å². The summed E-state index contributed by atoms with van der Waals surface area (Å²) in [6.45, 7) is 11.3. The highest BCUT2D eigenvalue weighted by Gasteiger charge is 2.16. The number of rotatable bonds is 7. The van der Waals surface area contributed by atoms with Crippen molar-refractivity contribution in [3.05, 3.63) is 88.9 Å². The Morgan fingerprint density at radius 3 is 2.27 bits per heavy atom. The molecule has 0 atom stereocenters. The van der Waals surface area contributed by atoms with Crippen LogP contribution in [0, 0.1) is 0 Å². The highest BCUT2D eigenvalue weighted by atomic mass is 35.5. The number of benzene rings is 3. The molecular weight excluding hydrogens is 451 g/mol. The van der Waals surface area contributed by atoms with Gasteiger partial charge in [-0.25, -0.2) is 9.97 Å². The normalized spacial score (nSPS) is 10.3. The monoisotopic (exact) mass is 478 g/mol. The molecule has 0 radical (unpaired) electrons. The van der Waals surface area contributed by atoms with Crippen LogP contribution < -0.4 is 10.6 Å². The van der Waals surface area contributed by atoms with Gasteiger partial charge in [0.1, 0.15) is 5.82 Å². The molecule has 0 fully saturated rings. The van der Waals surface area contributed by atoms with Crippen molar-refractivity contribution >= 4 is 51.3 Å². The minimum absolute atomic E-state index is 0.460. The molecule has 0 saturated heterocycles. The Bertz CT molecular complexity index is 1230. The number of anilines is 2. The lowest BCUT2D eigenvalue weighted by atomic mass is 10.1. The molecule has 0 spiro atoms. The van der Waals surface area contributed by atoms with Crippen LogP contribution in [0.25, 0.3) is 28.0 Å². The number of halogens is 2. The van der Waals surface area contributed by atoms with E-state index in [4.69, 9.17) is 33.2 Å². The second-order valence-electron chi connectivity index (χ2n) is 7.09. The molecule has 0 bridgehead atoms. The smallest absolute Gasteiger partial charge is 0.165 e. The number of nitrogens with zero attached hydrogens (tertiary/aromatic N) is 2. The van der Waals surface area contributed by atoms with Crippen LogP contribution in [0.1, 0.15) is 32.8 Å². The third-order valence-electron chi connectivity index (χ3n) is 4.88. The summed E-state index contributed by atoms with van der Waals surface area (Å²) in [4.78, 5) is 9.48. The molecule has 3 aromatic carbocycles. The Morgan fingerprint density at radius 1 is 0.879 bits per heavy atom. The second kappa shape index (κ2) is 11.7. The van der Waals surface area contributed by atoms with Crippen molar-refractivity contribution in [3.8, 4) is 11.4 Å². The Hall–Kier alpha value is -3.08. The van der Waals surface area contributed by atoms with Gasteiger partial charge in [0.2, 0.25) is 0 Å². The molecule has 170 valence electrons. The van der Waals surface area contributed by atoms with Gasteiger partial charge in [0.25, 0.3) is 0 Å². The van der Waals surface area contributed by atoms with Gasteiger partial charge in [-0.1, -0.05) is 87.0 Å². The van der Waals surface area contributed by atoms with E-state index in [-0.39, 0.29) is 0 Å². The third-order valence-corrected chi connectivity index (χ3v) is 5.51. The summed E-state index contributed by atoms with van der Waals surface area (Å²) in [6.07, 6.45) is 1.03. The maximum atomic E-state index is 6.43. The largest absolute Gasteiger partial charge is 0.385 e. The Morgan fingerprint density at radius 2 is 1.55 bits per heavy atom. The summed E-state index contributed by atoms with van der Waals surface area (Å²) in [6, 6.07) is 21.3. The van der Waals surface area contributed by atoms with Gasteiger partial charge in [-0.2, -0.15) is 0 Å². The highest BCUT2D eigenvalue weighted by molar-refractivity contribution is 6.39. The van der Waals surface area contributed by atoms with Gasteiger partial charge in [-0.15, -0.1) is 0 Å². The maximum absolute atomic E-state index is 6.43. The molecule has 4 nitrogen and oxygen atoms in total. The number of fused-ring (bicyclic) bond motifs is 1. The van der Waals surface area contributed by atoms with Crippen molar-refractivity contribution in [1.29, 1.82) is 0 Å². The first-order chi connectivity index (χ1) is 16.1. The summed E-state index contributed by atoms with van der Waals surface area (Å²) in [5.74, 6) is 1.11. The fourth-order valence-electron chi connectivity index (χ4n) is 3.37. The summed E-state index contributed by atoms with van der Waals surface area (Å²) in [5.41, 5.74) is 4.14. The van der Waals surface area contributed by atoms with Crippen LogP contribution in [0.15, 0.2) is 73.3 Å². The number of para-hydroxylation sites is 2. The number of nitrogens with one attached hydrogen (secondary N) is 2. The van der Waals surface area contributed by atoms with Crippen molar-refractivity contribution in [2.45, 2.75) is 27.2 Å². The average Bonchev–Trinajstić information content (AvgIpc) is 2.84. The fourth-order valence-corrected chi connectivity index (χ4v) is 3.93. The van der Waals surface area contributed by atoms with Crippen molar-refractivity contribution in [2.75, 3.05) is 17.2 Å². The molecule has 2 N–H and O–H groups in total. The van der Waals surface area contributed by atoms with Crippen molar-refractivity contribution in [3.63, 3.8) is 0 Å². The summed E-state index contributed by atoms with van der Waals surface area (Å²) in [7, 11) is 0. The van der Waals surface area contributed by atoms with E-state index in [1.165, 1.54) is 0 Å². The SMILES string of the molecule is C=C(Nc1nc(-c2c(Cl)cccc2Cl)nc2ccccc12)c1ccccc1NCCC.CC. The first-order valence-corrected chi connectivity index (χ1v) is 11.8. The van der Waals surface area contributed by atoms with Gasteiger partial charge in [0, 0.05) is 28.9 Å². The second-order valence-corrected chi connectivity index (χ2v) is 7.90. The molecule has 1 heterocycles. The van der Waals surface area contributed by atoms with E-state index in [0.29, 0.717) is 27.3 Å². The molecular formula is C27H28Cl2N4. The van der Waals surface area contributed by atoms with E-state index in [9.17, 15) is 0 Å². The lowest BCUT2D eigenvalue weighted by Crippen LogP contribution is -2.07. The van der Waals surface area contributed by atoms with Crippen LogP contribution in [0.3, 0.4) is 0 Å². The van der Waals surface area contributed by atoms with Crippen LogP contribution in [-0.2, 0) is 0 Å². The summed E-state index contributed by atoms with van der Waals surface area (Å²) < 4.78 is 0. The Labute approximate surface area is 205 Å². The molecule has 0 unspecified atom stereocenters. The first-order valence-electron chi connectivity index (χ1n) is 11.1. The van der Waals surface area contributed by atoms with Crippen molar-refractivity contribution < 1.29 is 0 Å². The van der Waals surface area contributed by atoms with Gasteiger partial charge in [0.15, 0.2) is 5.82 Å². The summed E-state index contributed by atoms with van der Waals surface area (Å²) in [5, 5.41) is 8.73. The number of aromatic nitrogens is 2. The van der Waals surface area contributed by atoms with E-state index >= 15 is 0 Å². The Balaban J connectivity index is 0.00000149. The number of hydrogen-bond donors (Lipinski definition) is 2. The fraction of sp³-hybridized carbons (Fsp3) is 0.185. The molecule has 0 aliphatic carbocycles. The minimum atomic E-state index is 0.460. The maximum Gasteiger partial charge on any atom is 0.165 e. The molecule has 0 saturated carbocycles. The van der Waals surface area contributed by atoms with Gasteiger partial charge in [0.05, 0.1) is 21.1 Å². The lowest BCUT2D eigenvalue weighted by molar-refractivity contribution is 0.979. The molecule has 0 aliphatic rings. The predicted octanol–water partition coefficient (Wildman–Crippen LogP) is 8.53. The molecule has 0 amide bonds. The van der Waals surface area contributed by atoms with Crippen LogP contribution >= 0.6 is 23.2 Å². The van der Waals surface area contributed by atoms with Crippen LogP contribution in [0.2, 0.25) is 10.0 Å². The Kier molecular flexibility index (Phi) is 8.70. The van der Waals surface area contributed by atoms with Crippen LogP contribution in [0.4, 0.5) is 11.5 Å². The van der Waals surface area contributed by atoms with E-state index in [1.807, 2.05) is 62.4 Å². The molecule has 6 heteroatoms. The molecule has 1 aromatic heterocycles. The van der Waals surface area contributed by atoms with E-state index < -0.39 is 0 Å². The minimum Gasteiger partial charge on any atom is -0.385 e. The highest BCUT2D eigenvalue weighted by Crippen LogP contribution is 2.35. The third kappa shape index (κ3) is 5.65. The standard InChI is InChI=1S/C25H22Cl2N4.C2H6/c1-3-15-28-21-13-6-4-9-17(21)16(2)29-24-18-10-5-7-14-22(18)30-25(31-24)23-19(26)11-8-12-20(23)27;1-2/h4-14,28H,2-3,15H2,1H3,(H,29,30,31);1-2H3. The van der Waals surface area contributed by atoms with Crippen LogP contribution in [0.5, 0.6) is 0 Å². The molecule has 4 rings (SSSR count). The van der Waals surface area contributed by atoms with Crippen LogP contribution in [-0.4, -0.2) is 16.5 Å². The van der Waals surface area contributed by atoms with Gasteiger partial charge < -0.3 is 10.6 Å². The van der Waals surface area contributed by atoms with Crippen molar-refractivity contribution in [2.24, 2.45) is 0 Å². The van der Waals surface area contributed by atoms with Gasteiger partial charge >= 0.3 is 0 Å². The average molecular weight is 479 g/mol. The molecule has 33 heavy (non-hydrogen) atoms. The van der Waals surface area contributed by atoms with Gasteiger partial charge in [-0.05, 0) is 36.8 Å².